The second-order valence-corrected chi connectivity index (χ2v) is 10.2. The molecule has 3 aromatic rings. The van der Waals surface area contributed by atoms with Crippen molar-refractivity contribution < 1.29 is 18.4 Å². The van der Waals surface area contributed by atoms with Crippen molar-refractivity contribution in [1.82, 2.24) is 20.2 Å². The summed E-state index contributed by atoms with van der Waals surface area (Å²) in [5.74, 6) is 2.89. The summed E-state index contributed by atoms with van der Waals surface area (Å²) >= 11 is 3.33. The highest BCUT2D eigenvalue weighted by Gasteiger charge is 2.42. The van der Waals surface area contributed by atoms with E-state index in [4.69, 9.17) is 10.8 Å². The number of fused-ring (bicyclic) bond motifs is 2. The SMILES string of the molecule is C#CC1N=C2CN(C(=O)c3cc(CN4Cc5ccccc5C(=O)N4)ccc3F)CCN2C1c1ccc(Br)o1. The number of carbonyl (C=O) groups excluding carboxylic acids is 2. The maximum Gasteiger partial charge on any atom is 0.265 e. The predicted octanol–water partition coefficient (Wildman–Crippen LogP) is 3.75. The summed E-state index contributed by atoms with van der Waals surface area (Å²) in [7, 11) is 0. The molecule has 4 heterocycles. The Bertz CT molecular complexity index is 1510. The number of amidine groups is 1. The number of amides is 2. The topological polar surface area (TPSA) is 81.4 Å². The molecule has 3 aliphatic rings. The number of hydrogen-bond acceptors (Lipinski definition) is 6. The number of nitrogens with one attached hydrogen (secondary N) is 1. The van der Waals surface area contributed by atoms with Crippen LogP contribution in [0.3, 0.4) is 0 Å². The fourth-order valence-corrected chi connectivity index (χ4v) is 5.58. The lowest BCUT2D eigenvalue weighted by molar-refractivity contribution is 0.0707. The molecule has 2 unspecified atom stereocenters. The Hall–Kier alpha value is -3.94. The number of aliphatic imine (C=N–C) groups is 1. The fourth-order valence-electron chi connectivity index (χ4n) is 5.26. The van der Waals surface area contributed by atoms with Crippen LogP contribution in [0.25, 0.3) is 0 Å². The number of halogens is 2. The lowest BCUT2D eigenvalue weighted by Gasteiger charge is -2.37. The van der Waals surface area contributed by atoms with Gasteiger partial charge in [0.15, 0.2) is 4.67 Å². The van der Waals surface area contributed by atoms with Crippen molar-refractivity contribution >= 4 is 33.6 Å². The predicted molar refractivity (Wildman–Crippen MR) is 141 cm³/mol. The lowest BCUT2D eigenvalue weighted by atomic mass is 10.0. The normalized spacial score (nSPS) is 20.9. The molecule has 0 bridgehead atoms. The molecule has 0 radical (unpaired) electrons. The number of rotatable bonds is 4. The number of terminal acetylenes is 1. The molecule has 8 nitrogen and oxygen atoms in total. The van der Waals surface area contributed by atoms with Crippen molar-refractivity contribution in [1.29, 1.82) is 0 Å². The van der Waals surface area contributed by atoms with Crippen LogP contribution in [0.1, 0.15) is 43.6 Å². The maximum atomic E-state index is 14.9. The Balaban J connectivity index is 1.18. The first-order valence-electron chi connectivity index (χ1n) is 12.2. The van der Waals surface area contributed by atoms with Crippen molar-refractivity contribution in [2.24, 2.45) is 4.99 Å². The van der Waals surface area contributed by atoms with E-state index in [1.807, 2.05) is 30.3 Å². The van der Waals surface area contributed by atoms with E-state index in [1.54, 1.807) is 28.1 Å². The van der Waals surface area contributed by atoms with Crippen LogP contribution in [0, 0.1) is 18.2 Å². The number of benzene rings is 2. The van der Waals surface area contributed by atoms with E-state index in [2.05, 4.69) is 37.2 Å². The quantitative estimate of drug-likeness (QED) is 0.479. The molecule has 1 fully saturated rings. The molecule has 0 spiro atoms. The number of hydrogen-bond donors (Lipinski definition) is 1. The molecule has 3 aliphatic heterocycles. The molecule has 2 aromatic carbocycles. The van der Waals surface area contributed by atoms with E-state index >= 15 is 0 Å². The fraction of sp³-hybridized carbons (Fsp3) is 0.250. The van der Waals surface area contributed by atoms with Gasteiger partial charge in [-0.3, -0.25) is 20.0 Å². The Morgan fingerprint density at radius 3 is 2.82 bits per heavy atom. The maximum absolute atomic E-state index is 14.9. The van der Waals surface area contributed by atoms with E-state index in [9.17, 15) is 14.0 Å². The van der Waals surface area contributed by atoms with Crippen molar-refractivity contribution in [3.05, 3.63) is 93.1 Å². The number of carbonyl (C=O) groups is 2. The number of hydrazine groups is 1. The third-order valence-corrected chi connectivity index (χ3v) is 7.48. The molecular weight excluding hydrogens is 553 g/mol. The van der Waals surface area contributed by atoms with Crippen molar-refractivity contribution in [2.75, 3.05) is 19.6 Å². The van der Waals surface area contributed by atoms with Crippen LogP contribution < -0.4 is 5.43 Å². The van der Waals surface area contributed by atoms with Crippen LogP contribution >= 0.6 is 15.9 Å². The molecule has 1 aromatic heterocycles. The Morgan fingerprint density at radius 1 is 1.18 bits per heavy atom. The summed E-state index contributed by atoms with van der Waals surface area (Å²) in [6.07, 6.45) is 5.76. The van der Waals surface area contributed by atoms with E-state index in [0.717, 1.165) is 5.56 Å². The van der Waals surface area contributed by atoms with Crippen LogP contribution in [0.4, 0.5) is 4.39 Å². The zero-order valence-corrected chi connectivity index (χ0v) is 21.8. The summed E-state index contributed by atoms with van der Waals surface area (Å²) in [6.45, 7) is 1.93. The first-order valence-corrected chi connectivity index (χ1v) is 13.0. The van der Waals surface area contributed by atoms with Crippen LogP contribution in [0.2, 0.25) is 0 Å². The third-order valence-electron chi connectivity index (χ3n) is 7.06. The van der Waals surface area contributed by atoms with Crippen molar-refractivity contribution in [3.8, 4) is 12.3 Å². The highest BCUT2D eigenvalue weighted by Crippen LogP contribution is 2.35. The molecule has 38 heavy (non-hydrogen) atoms. The molecule has 1 N–H and O–H groups in total. The number of piperazine rings is 1. The zero-order chi connectivity index (χ0) is 26.4. The molecule has 6 rings (SSSR count). The second kappa shape index (κ2) is 9.74. The Labute approximate surface area is 227 Å². The van der Waals surface area contributed by atoms with E-state index in [0.29, 0.717) is 53.6 Å². The third kappa shape index (κ3) is 4.38. The van der Waals surface area contributed by atoms with Gasteiger partial charge < -0.3 is 14.2 Å². The summed E-state index contributed by atoms with van der Waals surface area (Å²) in [5.41, 5.74) is 5.11. The monoisotopic (exact) mass is 575 g/mol. The minimum Gasteiger partial charge on any atom is -0.452 e. The van der Waals surface area contributed by atoms with E-state index < -0.39 is 17.8 Å². The van der Waals surface area contributed by atoms with Gasteiger partial charge >= 0.3 is 0 Å². The van der Waals surface area contributed by atoms with E-state index in [1.165, 1.54) is 6.07 Å². The highest BCUT2D eigenvalue weighted by atomic mass is 79.9. The lowest BCUT2D eigenvalue weighted by Crippen LogP contribution is -2.51. The molecule has 0 saturated carbocycles. The van der Waals surface area contributed by atoms with Crippen LogP contribution in [0.15, 0.2) is 68.7 Å². The number of nitrogens with zero attached hydrogens (tertiary/aromatic N) is 4. The summed E-state index contributed by atoms with van der Waals surface area (Å²) in [5, 5.41) is 1.76. The molecule has 2 atom stereocenters. The standard InChI is InChI=1S/C28H23BrFN5O3/c1-2-22-26(23-9-10-24(29)38-23)35-12-11-33(16-25(35)31-22)28(37)20-13-17(7-8-21(20)30)14-34-15-18-5-3-4-6-19(18)27(36)32-34/h1,3-10,13,22,26H,11-12,14-16H2,(H,32,36). The van der Waals surface area contributed by atoms with Crippen LogP contribution in [-0.4, -0.2) is 58.1 Å². The molecule has 1 saturated heterocycles. The second-order valence-electron chi connectivity index (χ2n) is 9.43. The molecule has 2 amide bonds. The van der Waals surface area contributed by atoms with Gasteiger partial charge in [0.1, 0.15) is 29.5 Å². The Kier molecular flexibility index (Phi) is 6.26. The van der Waals surface area contributed by atoms with Crippen molar-refractivity contribution in [2.45, 2.75) is 25.2 Å². The van der Waals surface area contributed by atoms with Gasteiger partial charge in [-0.25, -0.2) is 9.40 Å². The van der Waals surface area contributed by atoms with Crippen LogP contribution in [-0.2, 0) is 13.1 Å². The van der Waals surface area contributed by atoms with Crippen molar-refractivity contribution in [3.63, 3.8) is 0 Å². The minimum absolute atomic E-state index is 0.0155. The van der Waals surface area contributed by atoms with Gasteiger partial charge in [-0.05, 0) is 57.4 Å². The van der Waals surface area contributed by atoms with Gasteiger partial charge in [-0.15, -0.1) is 6.42 Å². The van der Waals surface area contributed by atoms with Crippen LogP contribution in [0.5, 0.6) is 0 Å². The zero-order valence-electron chi connectivity index (χ0n) is 20.2. The largest absolute Gasteiger partial charge is 0.452 e. The first kappa shape index (κ1) is 24.4. The molecule has 10 heteroatoms. The van der Waals surface area contributed by atoms with Gasteiger partial charge in [0.25, 0.3) is 11.8 Å². The smallest absolute Gasteiger partial charge is 0.265 e. The molecule has 192 valence electrons. The Morgan fingerprint density at radius 2 is 2.03 bits per heavy atom. The molecule has 0 aliphatic carbocycles. The average Bonchev–Trinajstić information content (AvgIpc) is 3.51. The van der Waals surface area contributed by atoms with Gasteiger partial charge in [0, 0.05) is 31.7 Å². The minimum atomic E-state index is -0.595. The van der Waals surface area contributed by atoms with Gasteiger partial charge in [-0.1, -0.05) is 30.2 Å². The molecular formula is C28H23BrFN5O3. The van der Waals surface area contributed by atoms with Gasteiger partial charge in [0.2, 0.25) is 0 Å². The average molecular weight is 576 g/mol. The summed E-state index contributed by atoms with van der Waals surface area (Å²) < 4.78 is 21.2. The highest BCUT2D eigenvalue weighted by molar-refractivity contribution is 9.10. The summed E-state index contributed by atoms with van der Waals surface area (Å²) in [6, 6.07) is 14.9. The van der Waals surface area contributed by atoms with E-state index in [-0.39, 0.29) is 24.1 Å². The number of furan rings is 1. The van der Waals surface area contributed by atoms with Gasteiger partial charge in [0.05, 0.1) is 12.1 Å². The van der Waals surface area contributed by atoms with Gasteiger partial charge in [-0.2, -0.15) is 0 Å². The summed E-state index contributed by atoms with van der Waals surface area (Å²) in [4.78, 5) is 34.2. The first-order chi connectivity index (χ1) is 18.4.